The van der Waals surface area contributed by atoms with Crippen LogP contribution in [0.3, 0.4) is 0 Å². The lowest BCUT2D eigenvalue weighted by atomic mass is 10.1. The van der Waals surface area contributed by atoms with Gasteiger partial charge >= 0.3 is 5.63 Å². The van der Waals surface area contributed by atoms with Gasteiger partial charge in [-0.05, 0) is 6.07 Å². The van der Waals surface area contributed by atoms with Crippen LogP contribution in [0.4, 0.5) is 0 Å². The van der Waals surface area contributed by atoms with E-state index < -0.39 is 0 Å². The first-order valence-electron chi connectivity index (χ1n) is 4.32. The van der Waals surface area contributed by atoms with Crippen molar-refractivity contribution in [2.24, 2.45) is 0 Å². The van der Waals surface area contributed by atoms with E-state index in [1.54, 1.807) is 13.2 Å². The number of methoxy groups -OCH3 is 1. The third-order valence-electron chi connectivity index (χ3n) is 2.03. The molecule has 14 heavy (non-hydrogen) atoms. The molecule has 0 atom stereocenters. The van der Waals surface area contributed by atoms with Crippen LogP contribution in [0, 0.1) is 0 Å². The fourth-order valence-corrected chi connectivity index (χ4v) is 1.42. The Kier molecular flexibility index (Phi) is 2.33. The summed E-state index contributed by atoms with van der Waals surface area (Å²) < 4.78 is 10.1. The van der Waals surface area contributed by atoms with E-state index in [9.17, 15) is 4.79 Å². The molecule has 0 aliphatic heterocycles. The predicted octanol–water partition coefficient (Wildman–Crippen LogP) is 1.94. The van der Waals surface area contributed by atoms with Crippen LogP contribution >= 0.6 is 0 Å². The maximum Gasteiger partial charge on any atom is 0.336 e. The van der Waals surface area contributed by atoms with Crippen LogP contribution in [0.15, 0.2) is 39.5 Å². The Balaban J connectivity index is 2.71. The number of ether oxygens (including phenoxy) is 1. The van der Waals surface area contributed by atoms with E-state index in [0.717, 1.165) is 10.9 Å². The van der Waals surface area contributed by atoms with Gasteiger partial charge in [0.1, 0.15) is 5.58 Å². The molecule has 1 aromatic carbocycles. The van der Waals surface area contributed by atoms with E-state index in [4.69, 9.17) is 9.15 Å². The van der Waals surface area contributed by atoms with Crippen molar-refractivity contribution in [3.63, 3.8) is 0 Å². The Hall–Kier alpha value is -1.61. The van der Waals surface area contributed by atoms with Crippen molar-refractivity contribution in [1.29, 1.82) is 0 Å². The molecule has 1 heterocycles. The number of fused-ring (bicyclic) bond motifs is 1. The second-order valence-corrected chi connectivity index (χ2v) is 3.02. The summed E-state index contributed by atoms with van der Waals surface area (Å²) in [7, 11) is 1.61. The molecule has 3 heteroatoms. The molecule has 0 spiro atoms. The molecule has 0 amide bonds. The van der Waals surface area contributed by atoms with Gasteiger partial charge in [-0.15, -0.1) is 0 Å². The summed E-state index contributed by atoms with van der Waals surface area (Å²) in [4.78, 5) is 11.0. The van der Waals surface area contributed by atoms with Gasteiger partial charge in [-0.3, -0.25) is 0 Å². The quantitative estimate of drug-likeness (QED) is 0.679. The molecule has 0 fully saturated rings. The van der Waals surface area contributed by atoms with Crippen molar-refractivity contribution < 1.29 is 9.15 Å². The molecule has 3 nitrogen and oxygen atoms in total. The monoisotopic (exact) mass is 190 g/mol. The summed E-state index contributed by atoms with van der Waals surface area (Å²) in [6.45, 7) is 0.449. The first-order valence-corrected chi connectivity index (χ1v) is 4.32. The Bertz CT molecular complexity index is 499. The summed E-state index contributed by atoms with van der Waals surface area (Å²) in [5.41, 5.74) is 1.17. The number of rotatable bonds is 2. The third-order valence-corrected chi connectivity index (χ3v) is 2.03. The zero-order valence-corrected chi connectivity index (χ0v) is 7.82. The summed E-state index contributed by atoms with van der Waals surface area (Å²) in [6.07, 6.45) is 0. The highest BCUT2D eigenvalue weighted by Crippen LogP contribution is 2.17. The Morgan fingerprint density at radius 3 is 2.93 bits per heavy atom. The first-order chi connectivity index (χ1) is 6.81. The molecule has 0 unspecified atom stereocenters. The second kappa shape index (κ2) is 3.64. The normalized spacial score (nSPS) is 10.6. The lowest BCUT2D eigenvalue weighted by Gasteiger charge is -2.02. The lowest BCUT2D eigenvalue weighted by molar-refractivity contribution is 0.185. The average molecular weight is 190 g/mol. The van der Waals surface area contributed by atoms with Crippen molar-refractivity contribution in [2.75, 3.05) is 7.11 Å². The van der Waals surface area contributed by atoms with Crippen LogP contribution in [0.2, 0.25) is 0 Å². The Morgan fingerprint density at radius 2 is 2.14 bits per heavy atom. The molecule has 0 radical (unpaired) electrons. The van der Waals surface area contributed by atoms with Crippen molar-refractivity contribution >= 4 is 11.0 Å². The second-order valence-electron chi connectivity index (χ2n) is 3.02. The van der Waals surface area contributed by atoms with Crippen LogP contribution in [-0.2, 0) is 11.3 Å². The molecule has 0 saturated carbocycles. The predicted molar refractivity (Wildman–Crippen MR) is 53.2 cm³/mol. The van der Waals surface area contributed by atoms with E-state index in [2.05, 4.69) is 0 Å². The van der Waals surface area contributed by atoms with Crippen molar-refractivity contribution in [2.45, 2.75) is 6.61 Å². The minimum Gasteiger partial charge on any atom is -0.422 e. The van der Waals surface area contributed by atoms with Gasteiger partial charge in [0.15, 0.2) is 0 Å². The summed E-state index contributed by atoms with van der Waals surface area (Å²) >= 11 is 0. The molecule has 0 aliphatic carbocycles. The first kappa shape index (κ1) is 8.97. The zero-order chi connectivity index (χ0) is 9.97. The van der Waals surface area contributed by atoms with Crippen LogP contribution in [0.5, 0.6) is 0 Å². The van der Waals surface area contributed by atoms with Crippen molar-refractivity contribution in [3.8, 4) is 0 Å². The minimum atomic E-state index is -0.332. The topological polar surface area (TPSA) is 39.4 Å². The standard InChI is InChI=1S/C11H10O3/c1-13-7-9-4-2-3-8-5-6-10(12)14-11(8)9/h2-6H,7H2,1H3. The number of hydrogen-bond acceptors (Lipinski definition) is 3. The summed E-state index contributed by atoms with van der Waals surface area (Å²) in [6, 6.07) is 8.86. The largest absolute Gasteiger partial charge is 0.422 e. The number of benzene rings is 1. The van der Waals surface area contributed by atoms with E-state index in [0.29, 0.717) is 12.2 Å². The van der Waals surface area contributed by atoms with Gasteiger partial charge in [0.05, 0.1) is 6.61 Å². The fourth-order valence-electron chi connectivity index (χ4n) is 1.42. The smallest absolute Gasteiger partial charge is 0.336 e. The van der Waals surface area contributed by atoms with Gasteiger partial charge in [-0.2, -0.15) is 0 Å². The molecule has 72 valence electrons. The molecule has 0 bridgehead atoms. The third kappa shape index (κ3) is 1.54. The molecule has 1 aromatic heterocycles. The van der Waals surface area contributed by atoms with Gasteiger partial charge in [0.25, 0.3) is 0 Å². The molecular weight excluding hydrogens is 180 g/mol. The van der Waals surface area contributed by atoms with E-state index in [1.807, 2.05) is 18.2 Å². The Labute approximate surface area is 80.9 Å². The van der Waals surface area contributed by atoms with Gasteiger partial charge in [-0.25, -0.2) is 4.79 Å². The lowest BCUT2D eigenvalue weighted by Crippen LogP contribution is -1.97. The highest BCUT2D eigenvalue weighted by molar-refractivity contribution is 5.79. The SMILES string of the molecule is COCc1cccc2ccc(=O)oc12. The number of para-hydroxylation sites is 1. The van der Waals surface area contributed by atoms with Crippen LogP contribution < -0.4 is 5.63 Å². The van der Waals surface area contributed by atoms with E-state index >= 15 is 0 Å². The highest BCUT2D eigenvalue weighted by atomic mass is 16.5. The van der Waals surface area contributed by atoms with Crippen molar-refractivity contribution in [1.82, 2.24) is 0 Å². The van der Waals surface area contributed by atoms with Crippen LogP contribution in [-0.4, -0.2) is 7.11 Å². The van der Waals surface area contributed by atoms with Crippen LogP contribution in [0.1, 0.15) is 5.56 Å². The average Bonchev–Trinajstić information content (AvgIpc) is 2.19. The fraction of sp³-hybridized carbons (Fsp3) is 0.182. The van der Waals surface area contributed by atoms with E-state index in [-0.39, 0.29) is 5.63 Å². The van der Waals surface area contributed by atoms with Gasteiger partial charge in [0, 0.05) is 24.1 Å². The molecule has 0 N–H and O–H groups in total. The molecule has 0 aliphatic rings. The van der Waals surface area contributed by atoms with Crippen molar-refractivity contribution in [3.05, 3.63) is 46.3 Å². The molecule has 2 aromatic rings. The maximum atomic E-state index is 11.0. The summed E-state index contributed by atoms with van der Waals surface area (Å²) in [5.74, 6) is 0. The van der Waals surface area contributed by atoms with Gasteiger partial charge in [-0.1, -0.05) is 18.2 Å². The maximum absolute atomic E-state index is 11.0. The molecule has 2 rings (SSSR count). The molecular formula is C11H10O3. The highest BCUT2D eigenvalue weighted by Gasteiger charge is 2.02. The van der Waals surface area contributed by atoms with Gasteiger partial charge in [0.2, 0.25) is 0 Å². The van der Waals surface area contributed by atoms with Gasteiger partial charge < -0.3 is 9.15 Å². The Morgan fingerprint density at radius 1 is 1.29 bits per heavy atom. The minimum absolute atomic E-state index is 0.332. The van der Waals surface area contributed by atoms with E-state index in [1.165, 1.54) is 6.07 Å². The zero-order valence-electron chi connectivity index (χ0n) is 7.82. The summed E-state index contributed by atoms with van der Waals surface area (Å²) in [5, 5.41) is 0.916. The molecule has 0 saturated heterocycles. The number of hydrogen-bond donors (Lipinski definition) is 0. The van der Waals surface area contributed by atoms with Crippen LogP contribution in [0.25, 0.3) is 11.0 Å².